The normalized spacial score (nSPS) is 20.0. The van der Waals surface area contributed by atoms with Gasteiger partial charge in [-0.05, 0) is 54.6 Å². The predicted octanol–water partition coefficient (Wildman–Crippen LogP) is 5.33. The summed E-state index contributed by atoms with van der Waals surface area (Å²) in [5.74, 6) is 3.57. The number of benzene rings is 3. The molecule has 0 saturated heterocycles. The van der Waals surface area contributed by atoms with Crippen molar-refractivity contribution in [3.05, 3.63) is 76.3 Å². The number of rotatable bonds is 4. The number of ether oxygens (including phenoxy) is 5. The molecule has 2 atom stereocenters. The maximum Gasteiger partial charge on any atom is 0.231 e. The van der Waals surface area contributed by atoms with Crippen molar-refractivity contribution in [3.63, 3.8) is 0 Å². The topological polar surface area (TPSA) is 61.8 Å². The number of hydrazone groups is 1. The van der Waals surface area contributed by atoms with Gasteiger partial charge in [0.15, 0.2) is 23.0 Å². The Hall–Kier alpha value is -3.58. The van der Waals surface area contributed by atoms with Crippen molar-refractivity contribution in [2.24, 2.45) is 5.10 Å². The lowest BCUT2D eigenvalue weighted by molar-refractivity contribution is -0.0191. The molecule has 0 N–H and O–H groups in total. The number of hydrogen-bond acceptors (Lipinski definition) is 7. The van der Waals surface area contributed by atoms with Gasteiger partial charge in [0.2, 0.25) is 13.0 Å². The molecule has 0 bridgehead atoms. The van der Waals surface area contributed by atoms with Crippen LogP contribution in [0.5, 0.6) is 28.7 Å². The highest BCUT2D eigenvalue weighted by Gasteiger charge is 2.41. The molecule has 3 aromatic rings. The molecule has 6 rings (SSSR count). The fourth-order valence-electron chi connectivity index (χ4n) is 4.54. The molecule has 0 aromatic heterocycles. The largest absolute Gasteiger partial charge is 0.493 e. The van der Waals surface area contributed by atoms with Crippen molar-refractivity contribution < 1.29 is 23.7 Å². The number of nitrogens with zero attached hydrogens (tertiary/aromatic N) is 2. The highest BCUT2D eigenvalue weighted by atomic mass is 35.5. The van der Waals surface area contributed by atoms with E-state index in [1.807, 2.05) is 59.6 Å². The molecule has 3 aliphatic heterocycles. The molecule has 3 aromatic carbocycles. The highest BCUT2D eigenvalue weighted by molar-refractivity contribution is 6.30. The van der Waals surface area contributed by atoms with Gasteiger partial charge in [-0.2, -0.15) is 5.10 Å². The minimum absolute atomic E-state index is 0.0223. The average Bonchev–Trinajstić information content (AvgIpc) is 3.50. The SMILES string of the molecule is COc1ccc(C2Oc3ccc(Cl)cc3C3CC(c4ccc5c(c4)OCO5)=NN32)cc1OC. The zero-order chi connectivity index (χ0) is 22.5. The molecule has 0 spiro atoms. The van der Waals surface area contributed by atoms with E-state index in [-0.39, 0.29) is 12.8 Å². The van der Waals surface area contributed by atoms with E-state index in [4.69, 9.17) is 40.4 Å². The first kappa shape index (κ1) is 20.1. The van der Waals surface area contributed by atoms with Crippen LogP contribution in [0.3, 0.4) is 0 Å². The van der Waals surface area contributed by atoms with E-state index < -0.39 is 6.23 Å². The molecule has 168 valence electrons. The summed E-state index contributed by atoms with van der Waals surface area (Å²) < 4.78 is 28.4. The van der Waals surface area contributed by atoms with E-state index in [9.17, 15) is 0 Å². The molecule has 0 fully saturated rings. The number of methoxy groups -OCH3 is 2. The summed E-state index contributed by atoms with van der Waals surface area (Å²) in [7, 11) is 3.24. The second kappa shape index (κ2) is 7.78. The fraction of sp³-hybridized carbons (Fsp3) is 0.240. The van der Waals surface area contributed by atoms with Crippen molar-refractivity contribution in [2.75, 3.05) is 21.0 Å². The Balaban J connectivity index is 1.43. The summed E-state index contributed by atoms with van der Waals surface area (Å²) >= 11 is 6.34. The summed E-state index contributed by atoms with van der Waals surface area (Å²) in [5, 5.41) is 7.67. The van der Waals surface area contributed by atoms with Crippen molar-refractivity contribution in [1.29, 1.82) is 0 Å². The van der Waals surface area contributed by atoms with Crippen LogP contribution in [0, 0.1) is 0 Å². The molecule has 2 unspecified atom stereocenters. The van der Waals surface area contributed by atoms with Crippen LogP contribution < -0.4 is 23.7 Å². The van der Waals surface area contributed by atoms with Gasteiger partial charge in [0, 0.05) is 28.1 Å². The van der Waals surface area contributed by atoms with Crippen LogP contribution in [-0.2, 0) is 0 Å². The molecule has 0 radical (unpaired) electrons. The Bertz CT molecular complexity index is 1280. The number of fused-ring (bicyclic) bond motifs is 4. The number of hydrogen-bond donors (Lipinski definition) is 0. The Morgan fingerprint density at radius 1 is 0.909 bits per heavy atom. The average molecular weight is 465 g/mol. The van der Waals surface area contributed by atoms with E-state index in [0.29, 0.717) is 22.9 Å². The van der Waals surface area contributed by atoms with E-state index in [1.54, 1.807) is 14.2 Å². The molecule has 3 heterocycles. The van der Waals surface area contributed by atoms with Crippen LogP contribution in [0.4, 0.5) is 0 Å². The molecular formula is C25H21ClN2O5. The van der Waals surface area contributed by atoms with E-state index in [1.165, 1.54) is 0 Å². The van der Waals surface area contributed by atoms with Gasteiger partial charge in [0.05, 0.1) is 26.0 Å². The van der Waals surface area contributed by atoms with Gasteiger partial charge >= 0.3 is 0 Å². The predicted molar refractivity (Wildman–Crippen MR) is 123 cm³/mol. The lowest BCUT2D eigenvalue weighted by Crippen LogP contribution is -2.33. The summed E-state index contributed by atoms with van der Waals surface area (Å²) in [5.41, 5.74) is 3.86. The Morgan fingerprint density at radius 2 is 1.73 bits per heavy atom. The van der Waals surface area contributed by atoms with Gasteiger partial charge in [-0.15, -0.1) is 0 Å². The summed E-state index contributed by atoms with van der Waals surface area (Å²) in [6, 6.07) is 17.4. The van der Waals surface area contributed by atoms with Gasteiger partial charge < -0.3 is 23.7 Å². The zero-order valence-electron chi connectivity index (χ0n) is 18.1. The van der Waals surface area contributed by atoms with Crippen molar-refractivity contribution >= 4 is 17.3 Å². The van der Waals surface area contributed by atoms with Gasteiger partial charge in [0.25, 0.3) is 0 Å². The maximum absolute atomic E-state index is 6.44. The van der Waals surface area contributed by atoms with E-state index >= 15 is 0 Å². The first-order valence-corrected chi connectivity index (χ1v) is 11.0. The lowest BCUT2D eigenvalue weighted by Gasteiger charge is -2.38. The van der Waals surface area contributed by atoms with Gasteiger partial charge in [0.1, 0.15) is 5.75 Å². The third-order valence-electron chi connectivity index (χ3n) is 6.15. The summed E-state index contributed by atoms with van der Waals surface area (Å²) in [6.45, 7) is 0.237. The van der Waals surface area contributed by atoms with Crippen LogP contribution in [-0.4, -0.2) is 31.7 Å². The van der Waals surface area contributed by atoms with Crippen LogP contribution in [0.2, 0.25) is 5.02 Å². The van der Waals surface area contributed by atoms with Crippen molar-refractivity contribution in [2.45, 2.75) is 18.7 Å². The summed E-state index contributed by atoms with van der Waals surface area (Å²) in [4.78, 5) is 0. The Morgan fingerprint density at radius 3 is 2.58 bits per heavy atom. The molecule has 33 heavy (non-hydrogen) atoms. The second-order valence-electron chi connectivity index (χ2n) is 7.98. The van der Waals surface area contributed by atoms with Gasteiger partial charge in [-0.1, -0.05) is 11.6 Å². The molecule has 3 aliphatic rings. The van der Waals surface area contributed by atoms with Crippen molar-refractivity contribution in [3.8, 4) is 28.7 Å². The Labute approximate surface area is 196 Å². The molecule has 8 heteroatoms. The van der Waals surface area contributed by atoms with Crippen LogP contribution in [0.25, 0.3) is 0 Å². The minimum Gasteiger partial charge on any atom is -0.493 e. The van der Waals surface area contributed by atoms with Crippen LogP contribution >= 0.6 is 11.6 Å². The third kappa shape index (κ3) is 3.31. The zero-order valence-corrected chi connectivity index (χ0v) is 18.8. The third-order valence-corrected chi connectivity index (χ3v) is 6.39. The molecule has 7 nitrogen and oxygen atoms in total. The quantitative estimate of drug-likeness (QED) is 0.520. The van der Waals surface area contributed by atoms with E-state index in [0.717, 1.165) is 39.7 Å². The lowest BCUT2D eigenvalue weighted by atomic mass is 9.95. The smallest absolute Gasteiger partial charge is 0.231 e. The minimum atomic E-state index is -0.435. The molecule has 0 saturated carbocycles. The first-order chi connectivity index (χ1) is 16.1. The second-order valence-corrected chi connectivity index (χ2v) is 8.42. The fourth-order valence-corrected chi connectivity index (χ4v) is 4.72. The van der Waals surface area contributed by atoms with Crippen LogP contribution in [0.1, 0.15) is 35.4 Å². The molecule has 0 aliphatic carbocycles. The van der Waals surface area contributed by atoms with E-state index in [2.05, 4.69) is 0 Å². The highest BCUT2D eigenvalue weighted by Crippen LogP contribution is 2.49. The van der Waals surface area contributed by atoms with Crippen LogP contribution in [0.15, 0.2) is 59.7 Å². The van der Waals surface area contributed by atoms with Gasteiger partial charge in [-0.25, -0.2) is 5.01 Å². The molecular weight excluding hydrogens is 444 g/mol. The monoisotopic (exact) mass is 464 g/mol. The molecule has 0 amide bonds. The summed E-state index contributed by atoms with van der Waals surface area (Å²) in [6.07, 6.45) is 0.273. The van der Waals surface area contributed by atoms with Gasteiger partial charge in [-0.3, -0.25) is 0 Å². The number of halogens is 1. The Kier molecular flexibility index (Phi) is 4.73. The maximum atomic E-state index is 6.44. The first-order valence-electron chi connectivity index (χ1n) is 10.6. The standard InChI is InChI=1S/C25H21ClN2O5/c1-29-21-6-4-15(10-23(21)30-2)25-28-19(17-11-16(26)5-8-20(17)33-25)12-18(27-28)14-3-7-22-24(9-14)32-13-31-22/h3-11,19,25H,12-13H2,1-2H3. The van der Waals surface area contributed by atoms with Crippen molar-refractivity contribution in [1.82, 2.24) is 5.01 Å².